The largest absolute Gasteiger partial charge is 0.366 e. The van der Waals surface area contributed by atoms with Crippen LogP contribution in [0.25, 0.3) is 11.1 Å². The van der Waals surface area contributed by atoms with Gasteiger partial charge in [0.05, 0.1) is 5.56 Å². The summed E-state index contributed by atoms with van der Waals surface area (Å²) in [6, 6.07) is 6.41. The van der Waals surface area contributed by atoms with Crippen LogP contribution in [0, 0.1) is 18.7 Å². The van der Waals surface area contributed by atoms with Gasteiger partial charge < -0.3 is 10.3 Å². The number of nitrogens with zero attached hydrogens (tertiary/aromatic N) is 1. The zero-order chi connectivity index (χ0) is 17.9. The van der Waals surface area contributed by atoms with E-state index in [0.29, 0.717) is 11.5 Å². The second-order valence-corrected chi connectivity index (χ2v) is 6.74. The first kappa shape index (κ1) is 18.2. The van der Waals surface area contributed by atoms with Crippen LogP contribution in [-0.4, -0.2) is 10.5 Å². The number of carbonyl (C=O) groups is 1. The SMILES string of the molecule is CCCc1c(-c2cccc(F)c2)c(C(N)=O)c(C)n1CCC(C)C. The summed E-state index contributed by atoms with van der Waals surface area (Å²) in [5.41, 5.74) is 9.68. The van der Waals surface area contributed by atoms with E-state index < -0.39 is 5.91 Å². The predicted molar refractivity (Wildman–Crippen MR) is 96.5 cm³/mol. The average Bonchev–Trinajstić information content (AvgIpc) is 2.78. The lowest BCUT2D eigenvalue weighted by molar-refractivity contribution is 0.1000. The van der Waals surface area contributed by atoms with E-state index in [4.69, 9.17) is 5.73 Å². The van der Waals surface area contributed by atoms with Gasteiger partial charge >= 0.3 is 0 Å². The highest BCUT2D eigenvalue weighted by molar-refractivity contribution is 6.02. The topological polar surface area (TPSA) is 48.0 Å². The molecule has 0 aliphatic carbocycles. The molecule has 0 aliphatic heterocycles. The molecular formula is C20H27FN2O. The Hall–Kier alpha value is -2.10. The van der Waals surface area contributed by atoms with Crippen LogP contribution in [0.3, 0.4) is 0 Å². The van der Waals surface area contributed by atoms with E-state index in [0.717, 1.165) is 48.3 Å². The number of amides is 1. The number of hydrogen-bond donors (Lipinski definition) is 1. The smallest absolute Gasteiger partial charge is 0.251 e. The summed E-state index contributed by atoms with van der Waals surface area (Å²) >= 11 is 0. The van der Waals surface area contributed by atoms with Crippen LogP contribution in [0.2, 0.25) is 0 Å². The number of primary amides is 1. The van der Waals surface area contributed by atoms with Crippen LogP contribution in [0.5, 0.6) is 0 Å². The number of hydrogen-bond acceptors (Lipinski definition) is 1. The number of carbonyl (C=O) groups excluding carboxylic acids is 1. The fraction of sp³-hybridized carbons (Fsp3) is 0.450. The van der Waals surface area contributed by atoms with Crippen LogP contribution in [0.15, 0.2) is 24.3 Å². The van der Waals surface area contributed by atoms with Crippen LogP contribution in [-0.2, 0) is 13.0 Å². The molecular weight excluding hydrogens is 303 g/mol. The van der Waals surface area contributed by atoms with E-state index in [1.54, 1.807) is 6.07 Å². The molecule has 1 aromatic heterocycles. The van der Waals surface area contributed by atoms with Gasteiger partial charge in [-0.2, -0.15) is 0 Å². The minimum atomic E-state index is -0.451. The summed E-state index contributed by atoms with van der Waals surface area (Å²) < 4.78 is 15.9. The average molecular weight is 330 g/mol. The number of benzene rings is 1. The van der Waals surface area contributed by atoms with Crippen LogP contribution >= 0.6 is 0 Å². The molecule has 0 saturated heterocycles. The number of aromatic nitrogens is 1. The molecule has 3 nitrogen and oxygen atoms in total. The lowest BCUT2D eigenvalue weighted by atomic mass is 9.98. The van der Waals surface area contributed by atoms with Gasteiger partial charge in [0.1, 0.15) is 5.82 Å². The first-order valence-electron chi connectivity index (χ1n) is 8.64. The van der Waals surface area contributed by atoms with Gasteiger partial charge in [-0.05, 0) is 43.4 Å². The zero-order valence-electron chi connectivity index (χ0n) is 15.0. The van der Waals surface area contributed by atoms with E-state index in [-0.39, 0.29) is 5.82 Å². The van der Waals surface area contributed by atoms with Gasteiger partial charge in [-0.25, -0.2) is 4.39 Å². The summed E-state index contributed by atoms with van der Waals surface area (Å²) in [5, 5.41) is 0. The molecule has 130 valence electrons. The van der Waals surface area contributed by atoms with Crippen molar-refractivity contribution >= 4 is 5.91 Å². The third-order valence-corrected chi connectivity index (χ3v) is 4.41. The van der Waals surface area contributed by atoms with Crippen molar-refractivity contribution < 1.29 is 9.18 Å². The fourth-order valence-corrected chi connectivity index (χ4v) is 3.24. The molecule has 0 aliphatic rings. The maximum atomic E-state index is 13.7. The molecule has 0 atom stereocenters. The molecule has 0 unspecified atom stereocenters. The zero-order valence-corrected chi connectivity index (χ0v) is 15.0. The van der Waals surface area contributed by atoms with E-state index in [1.165, 1.54) is 12.1 Å². The van der Waals surface area contributed by atoms with Crippen LogP contribution in [0.1, 0.15) is 55.4 Å². The fourth-order valence-electron chi connectivity index (χ4n) is 3.24. The standard InChI is InChI=1S/C20H27FN2O/c1-5-7-17-19(15-8-6-9-16(21)12-15)18(20(22)24)14(4)23(17)11-10-13(2)3/h6,8-9,12-13H,5,7,10-11H2,1-4H3,(H2,22,24). The minimum absolute atomic E-state index is 0.307. The Balaban J connectivity index is 2.70. The van der Waals surface area contributed by atoms with Crippen LogP contribution in [0.4, 0.5) is 4.39 Å². The van der Waals surface area contributed by atoms with Crippen molar-refractivity contribution in [1.29, 1.82) is 0 Å². The Morgan fingerprint density at radius 3 is 2.58 bits per heavy atom. The Morgan fingerprint density at radius 1 is 1.33 bits per heavy atom. The van der Waals surface area contributed by atoms with Gasteiger partial charge in [-0.15, -0.1) is 0 Å². The van der Waals surface area contributed by atoms with Crippen molar-refractivity contribution in [1.82, 2.24) is 4.57 Å². The summed E-state index contributed by atoms with van der Waals surface area (Å²) in [7, 11) is 0. The Labute approximate surface area is 143 Å². The van der Waals surface area contributed by atoms with Gasteiger partial charge in [0.2, 0.25) is 0 Å². The Kier molecular flexibility index (Phi) is 5.81. The van der Waals surface area contributed by atoms with Crippen molar-refractivity contribution in [2.75, 3.05) is 0 Å². The van der Waals surface area contributed by atoms with Gasteiger partial charge in [0.25, 0.3) is 5.91 Å². The molecule has 1 amide bonds. The molecule has 4 heteroatoms. The number of nitrogens with two attached hydrogens (primary N) is 1. The molecule has 2 rings (SSSR count). The van der Waals surface area contributed by atoms with Crippen LogP contribution < -0.4 is 5.73 Å². The van der Waals surface area contributed by atoms with Gasteiger partial charge in [0.15, 0.2) is 0 Å². The molecule has 1 heterocycles. The molecule has 1 aromatic carbocycles. The third kappa shape index (κ3) is 3.69. The van der Waals surface area contributed by atoms with Gasteiger partial charge in [-0.3, -0.25) is 4.79 Å². The molecule has 0 spiro atoms. The highest BCUT2D eigenvalue weighted by atomic mass is 19.1. The minimum Gasteiger partial charge on any atom is -0.366 e. The van der Waals surface area contributed by atoms with E-state index in [2.05, 4.69) is 25.3 Å². The van der Waals surface area contributed by atoms with Gasteiger partial charge in [0, 0.05) is 23.5 Å². The second-order valence-electron chi connectivity index (χ2n) is 6.74. The molecule has 2 aromatic rings. The van der Waals surface area contributed by atoms with Crippen molar-refractivity contribution in [3.8, 4) is 11.1 Å². The summed E-state index contributed by atoms with van der Waals surface area (Å²) in [6.45, 7) is 9.24. The van der Waals surface area contributed by atoms with Crippen molar-refractivity contribution in [3.05, 3.63) is 47.0 Å². The normalized spacial score (nSPS) is 11.2. The molecule has 0 radical (unpaired) electrons. The number of halogens is 1. The first-order chi connectivity index (χ1) is 11.4. The molecule has 0 fully saturated rings. The van der Waals surface area contributed by atoms with E-state index in [1.807, 2.05) is 13.0 Å². The molecule has 0 saturated carbocycles. The van der Waals surface area contributed by atoms with Crippen molar-refractivity contribution in [2.45, 2.75) is 53.5 Å². The number of rotatable bonds is 7. The maximum absolute atomic E-state index is 13.7. The quantitative estimate of drug-likeness (QED) is 0.786. The maximum Gasteiger partial charge on any atom is 0.251 e. The summed E-state index contributed by atoms with van der Waals surface area (Å²) in [6.07, 6.45) is 2.80. The van der Waals surface area contributed by atoms with Crippen molar-refractivity contribution in [3.63, 3.8) is 0 Å². The van der Waals surface area contributed by atoms with E-state index in [9.17, 15) is 9.18 Å². The highest BCUT2D eigenvalue weighted by Gasteiger charge is 2.24. The van der Waals surface area contributed by atoms with E-state index >= 15 is 0 Å². The predicted octanol–water partition coefficient (Wildman–Crippen LogP) is 4.70. The second kappa shape index (κ2) is 7.65. The molecule has 0 bridgehead atoms. The van der Waals surface area contributed by atoms with Crippen molar-refractivity contribution in [2.24, 2.45) is 11.7 Å². The lowest BCUT2D eigenvalue weighted by Crippen LogP contribution is -2.13. The monoisotopic (exact) mass is 330 g/mol. The lowest BCUT2D eigenvalue weighted by Gasteiger charge is -2.14. The van der Waals surface area contributed by atoms with Gasteiger partial charge in [-0.1, -0.05) is 39.3 Å². The Bertz CT molecular complexity index is 731. The Morgan fingerprint density at radius 2 is 2.04 bits per heavy atom. The summed E-state index contributed by atoms with van der Waals surface area (Å²) in [5.74, 6) is -0.193. The highest BCUT2D eigenvalue weighted by Crippen LogP contribution is 2.34. The first-order valence-corrected chi connectivity index (χ1v) is 8.64. The molecule has 24 heavy (non-hydrogen) atoms. The summed E-state index contributed by atoms with van der Waals surface area (Å²) in [4.78, 5) is 12.1. The third-order valence-electron chi connectivity index (χ3n) is 4.41. The molecule has 2 N–H and O–H groups in total.